The number of unbranched alkanes of at least 4 members (excludes halogenated alkanes) is 12. The van der Waals surface area contributed by atoms with Gasteiger partial charge in [0.2, 0.25) is 23.1 Å². The summed E-state index contributed by atoms with van der Waals surface area (Å²) in [6, 6.07) is 0. The standard InChI is InChI=1S/C21H34O4/c1-2-3-4-5-6-7-8-9-10-11-12-13-14-15-17-16-18(22)20(24)21(25)19(17)23/h16,24-25H,2-15H2,1H3. The number of Topliss-reactive ketones (excluding diaryl/α,β-unsaturated/α-hetero) is 1. The molecule has 0 bridgehead atoms. The summed E-state index contributed by atoms with van der Waals surface area (Å²) >= 11 is 0. The SMILES string of the molecule is CCCCCCCCCCCCCCCC1=CC(=O)C(O)=C(O)C1=O. The molecule has 0 saturated heterocycles. The molecular weight excluding hydrogens is 316 g/mol. The van der Waals surface area contributed by atoms with Crippen molar-refractivity contribution in [3.8, 4) is 0 Å². The lowest BCUT2D eigenvalue weighted by Crippen LogP contribution is -2.19. The second-order valence-electron chi connectivity index (χ2n) is 7.05. The summed E-state index contributed by atoms with van der Waals surface area (Å²) in [5, 5.41) is 18.6. The number of allylic oxidation sites excluding steroid dienone is 2. The van der Waals surface area contributed by atoms with Gasteiger partial charge in [0.05, 0.1) is 0 Å². The number of aliphatic hydroxyl groups excluding tert-OH is 2. The Hall–Kier alpha value is -1.58. The van der Waals surface area contributed by atoms with Crippen LogP contribution in [0, 0.1) is 0 Å². The Labute approximate surface area is 152 Å². The van der Waals surface area contributed by atoms with Gasteiger partial charge < -0.3 is 10.2 Å². The summed E-state index contributed by atoms with van der Waals surface area (Å²) in [7, 11) is 0. The van der Waals surface area contributed by atoms with Crippen LogP contribution >= 0.6 is 0 Å². The lowest BCUT2D eigenvalue weighted by atomic mass is 9.95. The molecular formula is C21H34O4. The van der Waals surface area contributed by atoms with Crippen LogP contribution in [0.2, 0.25) is 0 Å². The molecule has 0 radical (unpaired) electrons. The van der Waals surface area contributed by atoms with Crippen molar-refractivity contribution in [2.45, 2.75) is 96.8 Å². The van der Waals surface area contributed by atoms with Crippen LogP contribution in [0.15, 0.2) is 23.2 Å². The average Bonchev–Trinajstić information content (AvgIpc) is 2.61. The van der Waals surface area contributed by atoms with Crippen molar-refractivity contribution in [3.63, 3.8) is 0 Å². The monoisotopic (exact) mass is 350 g/mol. The van der Waals surface area contributed by atoms with Gasteiger partial charge in [-0.1, -0.05) is 84.0 Å². The fourth-order valence-corrected chi connectivity index (χ4v) is 3.19. The average molecular weight is 350 g/mol. The van der Waals surface area contributed by atoms with Crippen LogP contribution in [0.4, 0.5) is 0 Å². The number of hydrogen-bond donors (Lipinski definition) is 2. The molecule has 142 valence electrons. The van der Waals surface area contributed by atoms with Gasteiger partial charge in [0, 0.05) is 5.57 Å². The van der Waals surface area contributed by atoms with E-state index in [4.69, 9.17) is 0 Å². The van der Waals surface area contributed by atoms with Crippen LogP contribution in [0.3, 0.4) is 0 Å². The van der Waals surface area contributed by atoms with Crippen LogP contribution in [0.5, 0.6) is 0 Å². The van der Waals surface area contributed by atoms with Crippen LogP contribution in [-0.4, -0.2) is 21.8 Å². The minimum atomic E-state index is -0.834. The number of carbonyl (C=O) groups is 2. The van der Waals surface area contributed by atoms with E-state index < -0.39 is 23.1 Å². The van der Waals surface area contributed by atoms with E-state index in [2.05, 4.69) is 6.92 Å². The van der Waals surface area contributed by atoms with E-state index in [0.29, 0.717) is 12.0 Å². The van der Waals surface area contributed by atoms with Gasteiger partial charge in [-0.2, -0.15) is 0 Å². The Morgan fingerprint density at radius 3 is 1.60 bits per heavy atom. The minimum absolute atomic E-state index is 0.309. The summed E-state index contributed by atoms with van der Waals surface area (Å²) in [5.41, 5.74) is 0.309. The third kappa shape index (κ3) is 8.37. The molecule has 4 nitrogen and oxygen atoms in total. The molecule has 0 aromatic carbocycles. The zero-order chi connectivity index (χ0) is 18.5. The van der Waals surface area contributed by atoms with Crippen molar-refractivity contribution in [2.75, 3.05) is 0 Å². The lowest BCUT2D eigenvalue weighted by molar-refractivity contribution is -0.119. The van der Waals surface area contributed by atoms with Crippen molar-refractivity contribution < 1.29 is 19.8 Å². The first-order valence-corrected chi connectivity index (χ1v) is 9.99. The molecule has 2 N–H and O–H groups in total. The third-order valence-electron chi connectivity index (χ3n) is 4.82. The summed E-state index contributed by atoms with van der Waals surface area (Å²) in [5.74, 6) is -2.94. The first-order valence-electron chi connectivity index (χ1n) is 9.99. The van der Waals surface area contributed by atoms with E-state index >= 15 is 0 Å². The highest BCUT2D eigenvalue weighted by Crippen LogP contribution is 2.21. The normalized spacial score (nSPS) is 15.0. The Balaban J connectivity index is 1.97. The van der Waals surface area contributed by atoms with E-state index in [-0.39, 0.29) is 0 Å². The summed E-state index contributed by atoms with van der Waals surface area (Å²) in [4.78, 5) is 23.1. The Morgan fingerprint density at radius 1 is 0.680 bits per heavy atom. The van der Waals surface area contributed by atoms with Crippen LogP contribution in [0.25, 0.3) is 0 Å². The highest BCUT2D eigenvalue weighted by atomic mass is 16.3. The molecule has 0 spiro atoms. The van der Waals surface area contributed by atoms with E-state index in [1.165, 1.54) is 64.2 Å². The molecule has 0 aliphatic heterocycles. The number of hydrogen-bond acceptors (Lipinski definition) is 4. The Bertz CT molecular complexity index is 488. The van der Waals surface area contributed by atoms with Gasteiger partial charge in [-0.25, -0.2) is 0 Å². The molecule has 1 aliphatic carbocycles. The largest absolute Gasteiger partial charge is 0.501 e. The maximum absolute atomic E-state index is 11.7. The van der Waals surface area contributed by atoms with E-state index in [1.54, 1.807) is 0 Å². The van der Waals surface area contributed by atoms with Crippen molar-refractivity contribution in [2.24, 2.45) is 0 Å². The molecule has 0 saturated carbocycles. The molecule has 0 amide bonds. The fourth-order valence-electron chi connectivity index (χ4n) is 3.19. The number of ketones is 2. The number of carbonyl (C=O) groups excluding carboxylic acids is 2. The minimum Gasteiger partial charge on any atom is -0.501 e. The Morgan fingerprint density at radius 2 is 1.12 bits per heavy atom. The van der Waals surface area contributed by atoms with Crippen LogP contribution in [0.1, 0.15) is 96.8 Å². The van der Waals surface area contributed by atoms with Gasteiger partial charge in [0.25, 0.3) is 0 Å². The summed E-state index contributed by atoms with van der Waals surface area (Å²) in [6.45, 7) is 2.25. The third-order valence-corrected chi connectivity index (χ3v) is 4.82. The van der Waals surface area contributed by atoms with Gasteiger partial charge in [-0.15, -0.1) is 0 Å². The molecule has 0 heterocycles. The maximum atomic E-state index is 11.7. The molecule has 1 rings (SSSR count). The molecule has 4 heteroatoms. The van der Waals surface area contributed by atoms with E-state index in [0.717, 1.165) is 25.3 Å². The molecule has 25 heavy (non-hydrogen) atoms. The van der Waals surface area contributed by atoms with Crippen molar-refractivity contribution in [3.05, 3.63) is 23.2 Å². The van der Waals surface area contributed by atoms with Gasteiger partial charge in [0.1, 0.15) is 0 Å². The number of aliphatic hydroxyl groups is 2. The highest BCUT2D eigenvalue weighted by Gasteiger charge is 2.27. The van der Waals surface area contributed by atoms with Gasteiger partial charge in [-0.05, 0) is 18.9 Å². The van der Waals surface area contributed by atoms with Gasteiger partial charge in [-0.3, -0.25) is 9.59 Å². The fraction of sp³-hybridized carbons (Fsp3) is 0.714. The zero-order valence-electron chi connectivity index (χ0n) is 15.7. The molecule has 1 aliphatic rings. The van der Waals surface area contributed by atoms with Gasteiger partial charge >= 0.3 is 0 Å². The second kappa shape index (κ2) is 12.7. The van der Waals surface area contributed by atoms with Gasteiger partial charge in [0.15, 0.2) is 0 Å². The predicted molar refractivity (Wildman–Crippen MR) is 101 cm³/mol. The number of rotatable bonds is 14. The molecule has 0 atom stereocenters. The first-order chi connectivity index (χ1) is 12.1. The van der Waals surface area contributed by atoms with Crippen molar-refractivity contribution in [1.82, 2.24) is 0 Å². The lowest BCUT2D eigenvalue weighted by Gasteiger charge is -2.11. The van der Waals surface area contributed by atoms with Crippen LogP contribution < -0.4 is 0 Å². The highest BCUT2D eigenvalue weighted by molar-refractivity contribution is 6.20. The predicted octanol–water partition coefficient (Wildman–Crippen LogP) is 5.87. The summed E-state index contributed by atoms with van der Waals surface area (Å²) < 4.78 is 0. The molecule has 0 fully saturated rings. The maximum Gasteiger partial charge on any atom is 0.227 e. The summed E-state index contributed by atoms with van der Waals surface area (Å²) in [6.07, 6.45) is 17.9. The van der Waals surface area contributed by atoms with E-state index in [1.807, 2.05) is 0 Å². The second-order valence-corrected chi connectivity index (χ2v) is 7.05. The van der Waals surface area contributed by atoms with Crippen molar-refractivity contribution >= 4 is 11.6 Å². The smallest absolute Gasteiger partial charge is 0.227 e. The zero-order valence-corrected chi connectivity index (χ0v) is 15.7. The Kier molecular flexibility index (Phi) is 10.9. The molecule has 0 aromatic heterocycles. The molecule has 0 aromatic rings. The topological polar surface area (TPSA) is 74.6 Å². The molecule has 0 unspecified atom stereocenters. The van der Waals surface area contributed by atoms with Crippen LogP contribution in [-0.2, 0) is 9.59 Å². The quantitative estimate of drug-likeness (QED) is 0.303. The van der Waals surface area contributed by atoms with E-state index in [9.17, 15) is 19.8 Å². The van der Waals surface area contributed by atoms with Crippen molar-refractivity contribution in [1.29, 1.82) is 0 Å². The first kappa shape index (κ1) is 21.5.